The van der Waals surface area contributed by atoms with Gasteiger partial charge in [-0.3, -0.25) is 0 Å². The molecule has 0 heterocycles. The first-order valence-electron chi connectivity index (χ1n) is 5.69. The molecule has 84 valence electrons. The van der Waals surface area contributed by atoms with E-state index in [1.165, 1.54) is 12.8 Å². The van der Waals surface area contributed by atoms with E-state index >= 15 is 0 Å². The van der Waals surface area contributed by atoms with Gasteiger partial charge in [0.1, 0.15) is 0 Å². The van der Waals surface area contributed by atoms with Crippen molar-refractivity contribution in [2.24, 2.45) is 0 Å². The molecule has 1 fully saturated rings. The molecule has 0 aromatic heterocycles. The van der Waals surface area contributed by atoms with Crippen molar-refractivity contribution in [1.29, 1.82) is 0 Å². The second-order valence-corrected chi connectivity index (χ2v) is 4.35. The van der Waals surface area contributed by atoms with Gasteiger partial charge in [0, 0.05) is 18.2 Å². The number of hydrogen-bond acceptors (Lipinski definition) is 3. The SMILES string of the molecule is CCOCC(C)NC1(CO)CCCC1. The number of nitrogens with one attached hydrogen (secondary N) is 1. The van der Waals surface area contributed by atoms with Crippen LogP contribution in [0.4, 0.5) is 0 Å². The molecule has 14 heavy (non-hydrogen) atoms. The lowest BCUT2D eigenvalue weighted by Gasteiger charge is -2.31. The first-order valence-corrected chi connectivity index (χ1v) is 5.69. The summed E-state index contributed by atoms with van der Waals surface area (Å²) in [6.07, 6.45) is 4.66. The molecule has 0 bridgehead atoms. The Kier molecular flexibility index (Phi) is 4.85. The zero-order valence-corrected chi connectivity index (χ0v) is 9.38. The molecule has 1 atom stereocenters. The van der Waals surface area contributed by atoms with Crippen LogP contribution in [0.15, 0.2) is 0 Å². The molecule has 0 aromatic carbocycles. The van der Waals surface area contributed by atoms with Gasteiger partial charge < -0.3 is 15.2 Å². The average molecular weight is 201 g/mol. The van der Waals surface area contributed by atoms with E-state index in [1.807, 2.05) is 6.92 Å². The molecule has 1 saturated carbocycles. The number of ether oxygens (including phenoxy) is 1. The Balaban J connectivity index is 2.32. The zero-order valence-electron chi connectivity index (χ0n) is 9.38. The van der Waals surface area contributed by atoms with Gasteiger partial charge in [0.2, 0.25) is 0 Å². The van der Waals surface area contributed by atoms with Crippen molar-refractivity contribution in [1.82, 2.24) is 5.32 Å². The fraction of sp³-hybridized carbons (Fsp3) is 1.00. The monoisotopic (exact) mass is 201 g/mol. The van der Waals surface area contributed by atoms with E-state index in [0.717, 1.165) is 26.1 Å². The summed E-state index contributed by atoms with van der Waals surface area (Å²) in [5.74, 6) is 0. The summed E-state index contributed by atoms with van der Waals surface area (Å²) in [5.41, 5.74) is -0.0173. The smallest absolute Gasteiger partial charge is 0.0616 e. The van der Waals surface area contributed by atoms with Gasteiger partial charge in [-0.25, -0.2) is 0 Å². The molecular formula is C11H23NO2. The molecule has 1 aliphatic carbocycles. The summed E-state index contributed by atoms with van der Waals surface area (Å²) in [5, 5.41) is 12.9. The summed E-state index contributed by atoms with van der Waals surface area (Å²) >= 11 is 0. The number of aliphatic hydroxyl groups excluding tert-OH is 1. The van der Waals surface area contributed by atoms with Crippen LogP contribution in [0.25, 0.3) is 0 Å². The van der Waals surface area contributed by atoms with Crippen LogP contribution >= 0.6 is 0 Å². The standard InChI is InChI=1S/C11H23NO2/c1-3-14-8-10(2)12-11(9-13)6-4-5-7-11/h10,12-13H,3-9H2,1-2H3. The van der Waals surface area contributed by atoms with Gasteiger partial charge in [-0.15, -0.1) is 0 Å². The van der Waals surface area contributed by atoms with Crippen LogP contribution in [0.3, 0.4) is 0 Å². The van der Waals surface area contributed by atoms with Gasteiger partial charge in [-0.2, -0.15) is 0 Å². The molecule has 3 heteroatoms. The minimum atomic E-state index is -0.0173. The molecule has 1 unspecified atom stereocenters. The third kappa shape index (κ3) is 3.23. The zero-order chi connectivity index (χ0) is 10.4. The van der Waals surface area contributed by atoms with Gasteiger partial charge in [-0.05, 0) is 26.7 Å². The van der Waals surface area contributed by atoms with Crippen LogP contribution in [0, 0.1) is 0 Å². The highest BCUT2D eigenvalue weighted by Crippen LogP contribution is 2.29. The largest absolute Gasteiger partial charge is 0.394 e. The van der Waals surface area contributed by atoms with Gasteiger partial charge in [0.15, 0.2) is 0 Å². The Morgan fingerprint density at radius 2 is 2.07 bits per heavy atom. The molecule has 0 amide bonds. The highest BCUT2D eigenvalue weighted by Gasteiger charge is 2.33. The van der Waals surface area contributed by atoms with E-state index in [2.05, 4.69) is 12.2 Å². The van der Waals surface area contributed by atoms with Crippen molar-refractivity contribution >= 4 is 0 Å². The van der Waals surface area contributed by atoms with Crippen LogP contribution in [-0.4, -0.2) is 36.5 Å². The fourth-order valence-electron chi connectivity index (χ4n) is 2.26. The summed E-state index contributed by atoms with van der Waals surface area (Å²) in [6, 6.07) is 0.334. The minimum absolute atomic E-state index is 0.0173. The van der Waals surface area contributed by atoms with Crippen molar-refractivity contribution in [2.75, 3.05) is 19.8 Å². The van der Waals surface area contributed by atoms with E-state index in [9.17, 15) is 5.11 Å². The van der Waals surface area contributed by atoms with E-state index in [0.29, 0.717) is 6.04 Å². The van der Waals surface area contributed by atoms with Gasteiger partial charge in [0.25, 0.3) is 0 Å². The molecule has 0 aliphatic heterocycles. The molecule has 0 spiro atoms. The maximum atomic E-state index is 9.39. The summed E-state index contributed by atoms with van der Waals surface area (Å²) in [6.45, 7) is 5.87. The van der Waals surface area contributed by atoms with Crippen molar-refractivity contribution in [3.05, 3.63) is 0 Å². The number of hydrogen-bond donors (Lipinski definition) is 2. The Labute approximate surface area is 86.8 Å². The number of rotatable bonds is 6. The van der Waals surface area contributed by atoms with Crippen LogP contribution in [0.2, 0.25) is 0 Å². The predicted molar refractivity (Wildman–Crippen MR) is 57.4 cm³/mol. The Bertz CT molecular complexity index is 155. The minimum Gasteiger partial charge on any atom is -0.394 e. The first kappa shape index (κ1) is 12.0. The normalized spacial score (nSPS) is 22.5. The third-order valence-corrected chi connectivity index (χ3v) is 2.99. The van der Waals surface area contributed by atoms with Crippen molar-refractivity contribution < 1.29 is 9.84 Å². The molecule has 0 radical (unpaired) electrons. The van der Waals surface area contributed by atoms with Crippen molar-refractivity contribution in [2.45, 2.75) is 51.1 Å². The van der Waals surface area contributed by atoms with E-state index in [-0.39, 0.29) is 12.1 Å². The molecule has 0 saturated heterocycles. The highest BCUT2D eigenvalue weighted by atomic mass is 16.5. The lowest BCUT2D eigenvalue weighted by molar-refractivity contribution is 0.0946. The molecular weight excluding hydrogens is 178 g/mol. The summed E-state index contributed by atoms with van der Waals surface area (Å²) < 4.78 is 5.35. The van der Waals surface area contributed by atoms with E-state index < -0.39 is 0 Å². The van der Waals surface area contributed by atoms with Gasteiger partial charge in [0.05, 0.1) is 13.2 Å². The van der Waals surface area contributed by atoms with Crippen LogP contribution < -0.4 is 5.32 Å². The Hall–Kier alpha value is -0.120. The lowest BCUT2D eigenvalue weighted by Crippen LogP contribution is -2.51. The average Bonchev–Trinajstić information content (AvgIpc) is 2.64. The van der Waals surface area contributed by atoms with Crippen molar-refractivity contribution in [3.8, 4) is 0 Å². The molecule has 1 aliphatic rings. The number of aliphatic hydroxyl groups is 1. The van der Waals surface area contributed by atoms with Crippen LogP contribution in [0.1, 0.15) is 39.5 Å². The molecule has 0 aromatic rings. The third-order valence-electron chi connectivity index (χ3n) is 2.99. The first-order chi connectivity index (χ1) is 6.72. The second-order valence-electron chi connectivity index (χ2n) is 4.35. The van der Waals surface area contributed by atoms with Crippen molar-refractivity contribution in [3.63, 3.8) is 0 Å². The van der Waals surface area contributed by atoms with E-state index in [1.54, 1.807) is 0 Å². The van der Waals surface area contributed by atoms with Gasteiger partial charge >= 0.3 is 0 Å². The highest BCUT2D eigenvalue weighted by molar-refractivity contribution is 4.93. The second kappa shape index (κ2) is 5.69. The van der Waals surface area contributed by atoms with Gasteiger partial charge in [-0.1, -0.05) is 12.8 Å². The van der Waals surface area contributed by atoms with Crippen LogP contribution in [-0.2, 0) is 4.74 Å². The maximum absolute atomic E-state index is 9.39. The molecule has 3 nitrogen and oxygen atoms in total. The topological polar surface area (TPSA) is 41.5 Å². The lowest BCUT2D eigenvalue weighted by atomic mass is 9.98. The fourth-order valence-corrected chi connectivity index (χ4v) is 2.26. The summed E-state index contributed by atoms with van der Waals surface area (Å²) in [4.78, 5) is 0. The Morgan fingerprint density at radius 3 is 2.57 bits per heavy atom. The molecule has 1 rings (SSSR count). The Morgan fingerprint density at radius 1 is 1.43 bits per heavy atom. The van der Waals surface area contributed by atoms with E-state index in [4.69, 9.17) is 4.74 Å². The quantitative estimate of drug-likeness (QED) is 0.681. The maximum Gasteiger partial charge on any atom is 0.0616 e. The predicted octanol–water partition coefficient (Wildman–Crippen LogP) is 1.31. The summed E-state index contributed by atoms with van der Waals surface area (Å²) in [7, 11) is 0. The molecule has 2 N–H and O–H groups in total. The van der Waals surface area contributed by atoms with Crippen LogP contribution in [0.5, 0.6) is 0 Å².